The highest BCUT2D eigenvalue weighted by Gasteiger charge is 2.17. The Morgan fingerprint density at radius 1 is 1.00 bits per heavy atom. The lowest BCUT2D eigenvalue weighted by atomic mass is 10.2. The first-order valence-electron chi connectivity index (χ1n) is 5.69. The fourth-order valence-electron chi connectivity index (χ4n) is 1.77. The van der Waals surface area contributed by atoms with Crippen LogP contribution in [0.4, 0.5) is 4.39 Å². The van der Waals surface area contributed by atoms with Crippen LogP contribution in [0.1, 0.15) is 0 Å². The zero-order chi connectivity index (χ0) is 14.1. The van der Waals surface area contributed by atoms with Crippen molar-refractivity contribution in [1.29, 1.82) is 0 Å². The Bertz CT molecular complexity index is 755. The summed E-state index contributed by atoms with van der Waals surface area (Å²) in [5.41, 5.74) is 0.846. The second-order valence-electron chi connectivity index (χ2n) is 3.99. The van der Waals surface area contributed by atoms with E-state index in [9.17, 15) is 4.39 Å². The van der Waals surface area contributed by atoms with E-state index in [1.165, 1.54) is 6.07 Å². The molecule has 0 amide bonds. The van der Waals surface area contributed by atoms with Gasteiger partial charge >= 0.3 is 0 Å². The molecule has 100 valence electrons. The van der Waals surface area contributed by atoms with Gasteiger partial charge in [0.2, 0.25) is 5.89 Å². The quantitative estimate of drug-likeness (QED) is 0.654. The maximum Gasteiger partial charge on any atom is 0.252 e. The Morgan fingerprint density at radius 3 is 2.50 bits per heavy atom. The van der Waals surface area contributed by atoms with Crippen LogP contribution in [0, 0.1) is 5.82 Å². The molecule has 0 aliphatic carbocycles. The zero-order valence-electron chi connectivity index (χ0n) is 9.98. The van der Waals surface area contributed by atoms with E-state index in [0.29, 0.717) is 15.1 Å². The monoisotopic (exact) mass is 352 g/mol. The van der Waals surface area contributed by atoms with Gasteiger partial charge in [0.1, 0.15) is 5.82 Å². The summed E-state index contributed by atoms with van der Waals surface area (Å²) in [6.45, 7) is 0. The van der Waals surface area contributed by atoms with Crippen LogP contribution < -0.4 is 0 Å². The van der Waals surface area contributed by atoms with E-state index in [1.807, 2.05) is 6.07 Å². The Hall–Kier alpha value is -1.72. The molecular weight excluding hydrogens is 347 g/mol. The third-order valence-electron chi connectivity index (χ3n) is 2.71. The minimum absolute atomic E-state index is 0.102. The number of rotatable bonds is 2. The summed E-state index contributed by atoms with van der Waals surface area (Å²) in [5, 5.41) is 8.29. The van der Waals surface area contributed by atoms with E-state index in [4.69, 9.17) is 16.0 Å². The SMILES string of the molecule is Fc1cccc(Br)c1-c1nnc(-c2ccccc2Cl)o1. The molecule has 0 bridgehead atoms. The van der Waals surface area contributed by atoms with Crippen LogP contribution in [0.3, 0.4) is 0 Å². The van der Waals surface area contributed by atoms with Crippen LogP contribution in [0.2, 0.25) is 5.02 Å². The van der Waals surface area contributed by atoms with Crippen LogP contribution in [0.15, 0.2) is 51.4 Å². The molecule has 3 nitrogen and oxygen atoms in total. The summed E-state index contributed by atoms with van der Waals surface area (Å²) in [7, 11) is 0. The van der Waals surface area contributed by atoms with Gasteiger partial charge in [0.25, 0.3) is 5.89 Å². The summed E-state index contributed by atoms with van der Waals surface area (Å²) in [4.78, 5) is 0. The van der Waals surface area contributed by atoms with Crippen LogP contribution in [0.25, 0.3) is 22.9 Å². The maximum atomic E-state index is 13.8. The van der Waals surface area contributed by atoms with Crippen molar-refractivity contribution in [3.8, 4) is 22.9 Å². The Kier molecular flexibility index (Phi) is 3.54. The van der Waals surface area contributed by atoms with Gasteiger partial charge in [0, 0.05) is 4.47 Å². The number of nitrogens with zero attached hydrogens (tertiary/aromatic N) is 2. The van der Waals surface area contributed by atoms with Gasteiger partial charge in [-0.3, -0.25) is 0 Å². The summed E-state index contributed by atoms with van der Waals surface area (Å²) >= 11 is 9.34. The summed E-state index contributed by atoms with van der Waals surface area (Å²) in [6.07, 6.45) is 0. The lowest BCUT2D eigenvalue weighted by molar-refractivity contribution is 0.570. The molecular formula is C14H7BrClFN2O. The third kappa shape index (κ3) is 2.34. The molecule has 3 aromatic rings. The number of halogens is 3. The molecule has 0 N–H and O–H groups in total. The molecule has 2 aromatic carbocycles. The van der Waals surface area contributed by atoms with Crippen molar-refractivity contribution in [2.75, 3.05) is 0 Å². The Morgan fingerprint density at radius 2 is 1.75 bits per heavy atom. The molecule has 0 aliphatic heterocycles. The van der Waals surface area contributed by atoms with Crippen molar-refractivity contribution in [3.05, 3.63) is 57.8 Å². The van der Waals surface area contributed by atoms with Crippen molar-refractivity contribution < 1.29 is 8.81 Å². The van der Waals surface area contributed by atoms with Crippen molar-refractivity contribution in [2.24, 2.45) is 0 Å². The minimum Gasteiger partial charge on any atom is -0.416 e. The largest absolute Gasteiger partial charge is 0.416 e. The van der Waals surface area contributed by atoms with Gasteiger partial charge < -0.3 is 4.42 Å². The van der Waals surface area contributed by atoms with Crippen LogP contribution in [-0.2, 0) is 0 Å². The average Bonchev–Trinajstić information content (AvgIpc) is 2.88. The molecule has 0 radical (unpaired) electrons. The molecule has 3 rings (SSSR count). The molecule has 0 saturated heterocycles. The molecule has 0 aliphatic rings. The first-order chi connectivity index (χ1) is 9.66. The standard InChI is InChI=1S/C14H7BrClFN2O/c15-9-5-3-7-11(17)12(9)14-19-18-13(20-14)8-4-1-2-6-10(8)16/h1-7H. The van der Waals surface area contributed by atoms with Gasteiger partial charge in [0.05, 0.1) is 16.1 Å². The predicted octanol–water partition coefficient (Wildman–Crippen LogP) is 4.96. The zero-order valence-corrected chi connectivity index (χ0v) is 12.3. The van der Waals surface area contributed by atoms with Crippen molar-refractivity contribution >= 4 is 27.5 Å². The van der Waals surface area contributed by atoms with Gasteiger partial charge in [-0.05, 0) is 40.2 Å². The highest BCUT2D eigenvalue weighted by molar-refractivity contribution is 9.10. The van der Waals surface area contributed by atoms with E-state index in [0.717, 1.165) is 0 Å². The van der Waals surface area contributed by atoms with Gasteiger partial charge in [-0.15, -0.1) is 10.2 Å². The van der Waals surface area contributed by atoms with Gasteiger partial charge in [-0.2, -0.15) is 0 Å². The summed E-state index contributed by atoms with van der Waals surface area (Å²) in [5.74, 6) is -0.0839. The Labute approximate surface area is 127 Å². The van der Waals surface area contributed by atoms with Crippen LogP contribution in [0.5, 0.6) is 0 Å². The second kappa shape index (κ2) is 5.34. The molecule has 1 heterocycles. The lowest BCUT2D eigenvalue weighted by Crippen LogP contribution is -1.85. The van der Waals surface area contributed by atoms with Crippen LogP contribution >= 0.6 is 27.5 Å². The van der Waals surface area contributed by atoms with E-state index in [2.05, 4.69) is 26.1 Å². The fourth-order valence-corrected chi connectivity index (χ4v) is 2.50. The highest BCUT2D eigenvalue weighted by Crippen LogP contribution is 2.33. The van der Waals surface area contributed by atoms with E-state index >= 15 is 0 Å². The van der Waals surface area contributed by atoms with Crippen molar-refractivity contribution in [1.82, 2.24) is 10.2 Å². The minimum atomic E-state index is -0.436. The van der Waals surface area contributed by atoms with E-state index in [-0.39, 0.29) is 17.3 Å². The third-order valence-corrected chi connectivity index (χ3v) is 3.70. The number of hydrogen-bond acceptors (Lipinski definition) is 3. The maximum absolute atomic E-state index is 13.8. The van der Waals surface area contributed by atoms with Gasteiger partial charge in [-0.25, -0.2) is 4.39 Å². The number of benzene rings is 2. The topological polar surface area (TPSA) is 38.9 Å². The summed E-state index contributed by atoms with van der Waals surface area (Å²) < 4.78 is 19.9. The molecule has 0 spiro atoms. The fraction of sp³-hybridized carbons (Fsp3) is 0. The Balaban J connectivity index is 2.10. The average molecular weight is 354 g/mol. The highest BCUT2D eigenvalue weighted by atomic mass is 79.9. The molecule has 0 fully saturated rings. The van der Waals surface area contributed by atoms with Crippen molar-refractivity contribution in [3.63, 3.8) is 0 Å². The first-order valence-corrected chi connectivity index (χ1v) is 6.86. The molecule has 20 heavy (non-hydrogen) atoms. The lowest BCUT2D eigenvalue weighted by Gasteiger charge is -2.00. The van der Waals surface area contributed by atoms with Gasteiger partial charge in [-0.1, -0.05) is 29.8 Å². The van der Waals surface area contributed by atoms with Crippen LogP contribution in [-0.4, -0.2) is 10.2 Å². The number of hydrogen-bond donors (Lipinski definition) is 0. The second-order valence-corrected chi connectivity index (χ2v) is 5.25. The molecule has 0 unspecified atom stereocenters. The van der Waals surface area contributed by atoms with Gasteiger partial charge in [0.15, 0.2) is 0 Å². The van der Waals surface area contributed by atoms with E-state index in [1.54, 1.807) is 30.3 Å². The summed E-state index contributed by atoms with van der Waals surface area (Å²) in [6, 6.07) is 11.7. The van der Waals surface area contributed by atoms with Crippen molar-refractivity contribution in [2.45, 2.75) is 0 Å². The number of aromatic nitrogens is 2. The normalized spacial score (nSPS) is 10.8. The smallest absolute Gasteiger partial charge is 0.252 e. The molecule has 0 saturated carbocycles. The molecule has 1 aromatic heterocycles. The first kappa shape index (κ1) is 13.3. The molecule has 0 atom stereocenters. The van der Waals surface area contributed by atoms with E-state index < -0.39 is 5.82 Å². The predicted molar refractivity (Wildman–Crippen MR) is 77.8 cm³/mol. The molecule has 6 heteroatoms.